The Bertz CT molecular complexity index is 631. The van der Waals surface area contributed by atoms with Gasteiger partial charge in [0.15, 0.2) is 0 Å². The van der Waals surface area contributed by atoms with Crippen LogP contribution >= 0.6 is 0 Å². The molecule has 0 aliphatic rings. The van der Waals surface area contributed by atoms with Crippen molar-refractivity contribution in [3.05, 3.63) is 0 Å². The van der Waals surface area contributed by atoms with Crippen LogP contribution in [0, 0.1) is 0 Å². The van der Waals surface area contributed by atoms with Crippen LogP contribution in [0.2, 0.25) is 0 Å². The molecule has 0 aromatic heterocycles. The van der Waals surface area contributed by atoms with Crippen LogP contribution in [0.5, 0.6) is 0 Å². The van der Waals surface area contributed by atoms with E-state index in [2.05, 4.69) is 3.07 Å². The van der Waals surface area contributed by atoms with E-state index in [9.17, 15) is 39.5 Å². The van der Waals surface area contributed by atoms with Crippen LogP contribution in [-0.4, -0.2) is 73.5 Å². The Hall–Kier alpha value is -0.291. The third-order valence-electron chi connectivity index (χ3n) is 5.90. The first-order chi connectivity index (χ1) is 16.4. The molecule has 0 spiro atoms. The quantitative estimate of drug-likeness (QED) is 0.0844. The molecule has 0 N–H and O–H groups in total. The van der Waals surface area contributed by atoms with Gasteiger partial charge in [-0.25, -0.2) is 0 Å². The van der Waals surface area contributed by atoms with E-state index in [4.69, 9.17) is 0 Å². The van der Waals surface area contributed by atoms with Gasteiger partial charge in [0.25, 0.3) is 0 Å². The zero-order valence-electron chi connectivity index (χ0n) is 20.3. The molecule has 0 heterocycles. The fraction of sp³-hybridized carbons (Fsp3) is 1.00. The van der Waals surface area contributed by atoms with E-state index in [-0.39, 0.29) is 12.8 Å². The van der Waals surface area contributed by atoms with Gasteiger partial charge in [-0.05, 0) is 0 Å². The van der Waals surface area contributed by atoms with Gasteiger partial charge < -0.3 is 0 Å². The van der Waals surface area contributed by atoms with E-state index >= 15 is 26.3 Å². The molecule has 0 aliphatic heterocycles. The molecular formula is C20H29F15OSn. The van der Waals surface area contributed by atoms with Crippen molar-refractivity contribution in [2.24, 2.45) is 0 Å². The van der Waals surface area contributed by atoms with E-state index in [0.717, 1.165) is 0 Å². The molecule has 3 atom stereocenters. The third-order valence-corrected chi connectivity index (χ3v) is 18.1. The average molecular weight is 689 g/mol. The molecule has 37 heavy (non-hydrogen) atoms. The van der Waals surface area contributed by atoms with Gasteiger partial charge in [0.2, 0.25) is 0 Å². The van der Waals surface area contributed by atoms with E-state index in [1.165, 1.54) is 0 Å². The zero-order chi connectivity index (χ0) is 29.9. The summed E-state index contributed by atoms with van der Waals surface area (Å²) in [5.74, 6) is -20.1. The van der Waals surface area contributed by atoms with Crippen LogP contribution in [0.1, 0.15) is 66.2 Å². The summed E-state index contributed by atoms with van der Waals surface area (Å²) in [4.78, 5) is 0. The molecule has 0 aromatic rings. The first-order valence-corrected chi connectivity index (χ1v) is 16.7. The van der Waals surface area contributed by atoms with E-state index < -0.39 is 101 Å². The summed E-state index contributed by atoms with van der Waals surface area (Å²) in [6.07, 6.45) is -12.2. The maximum atomic E-state index is 15.1. The van der Waals surface area contributed by atoms with Gasteiger partial charge >= 0.3 is 209 Å². The zero-order valence-corrected chi connectivity index (χ0v) is 23.1. The first kappa shape index (κ1) is 36.7. The molecule has 224 valence electrons. The van der Waals surface area contributed by atoms with Crippen molar-refractivity contribution in [2.75, 3.05) is 6.61 Å². The summed E-state index contributed by atoms with van der Waals surface area (Å²) < 4.78 is 199. The molecule has 0 bridgehead atoms. The molecule has 0 fully saturated rings. The number of halogens is 15. The molecule has 0 radical (unpaired) electrons. The van der Waals surface area contributed by atoms with Crippen molar-refractivity contribution >= 4 is 18.8 Å². The van der Waals surface area contributed by atoms with Gasteiger partial charge in [-0.2, -0.15) is 0 Å². The summed E-state index contributed by atoms with van der Waals surface area (Å²) in [6, 6.07) is 0. The summed E-state index contributed by atoms with van der Waals surface area (Å²) in [6.45, 7) is -1.49. The Morgan fingerprint density at radius 3 is 1.05 bits per heavy atom. The van der Waals surface area contributed by atoms with Crippen LogP contribution in [-0.2, 0) is 3.07 Å². The summed E-state index contributed by atoms with van der Waals surface area (Å²) in [5, 5.41) is 0. The van der Waals surface area contributed by atoms with Crippen molar-refractivity contribution in [1.29, 1.82) is 0 Å². The fourth-order valence-electron chi connectivity index (χ4n) is 3.42. The Morgan fingerprint density at radius 1 is 0.514 bits per heavy atom. The van der Waals surface area contributed by atoms with Gasteiger partial charge in [-0.1, -0.05) is 0 Å². The summed E-state index contributed by atoms with van der Waals surface area (Å²) in [7, 11) is 0. The number of unbranched alkanes of at least 4 members (excludes halogenated alkanes) is 5. The van der Waals surface area contributed by atoms with Crippen molar-refractivity contribution < 1.29 is 68.9 Å². The fourth-order valence-corrected chi connectivity index (χ4v) is 15.4. The van der Waals surface area contributed by atoms with Gasteiger partial charge in [0.05, 0.1) is 0 Å². The molecular weight excluding hydrogens is 660 g/mol. The monoisotopic (exact) mass is 690 g/mol. The molecule has 17 heteroatoms. The standard InChI is InChI=1S/C8H17O.3C4H4F5.Sn/c1-2-3-4-5-6-7-8-9;3*1-2(5)4(8,9)3(6)7;/h2-8H2,1H3;3*2H,1H3;/q-1;;;;+1. The van der Waals surface area contributed by atoms with Gasteiger partial charge in [0.1, 0.15) is 0 Å². The van der Waals surface area contributed by atoms with Crippen LogP contribution in [0.4, 0.5) is 65.9 Å². The predicted molar refractivity (Wildman–Crippen MR) is 106 cm³/mol. The van der Waals surface area contributed by atoms with Crippen LogP contribution in [0.3, 0.4) is 0 Å². The summed E-state index contributed by atoms with van der Waals surface area (Å²) in [5.41, 5.74) is 0. The number of hydrogen-bond acceptors (Lipinski definition) is 1. The van der Waals surface area contributed by atoms with Gasteiger partial charge in [-0.15, -0.1) is 0 Å². The number of hydrogen-bond donors (Lipinski definition) is 0. The van der Waals surface area contributed by atoms with Crippen molar-refractivity contribution in [3.63, 3.8) is 0 Å². The Morgan fingerprint density at radius 2 is 0.784 bits per heavy atom. The molecule has 0 amide bonds. The second kappa shape index (κ2) is 12.5. The van der Waals surface area contributed by atoms with Gasteiger partial charge in [-0.3, -0.25) is 0 Å². The Kier molecular flexibility index (Phi) is 12.4. The van der Waals surface area contributed by atoms with Crippen LogP contribution in [0.25, 0.3) is 0 Å². The molecule has 0 rings (SSSR count). The molecule has 0 aromatic carbocycles. The predicted octanol–water partition coefficient (Wildman–Crippen LogP) is 8.81. The van der Waals surface area contributed by atoms with Crippen LogP contribution in [0.15, 0.2) is 0 Å². The van der Waals surface area contributed by atoms with E-state index in [0.29, 0.717) is 19.3 Å². The van der Waals surface area contributed by atoms with Crippen molar-refractivity contribution in [1.82, 2.24) is 0 Å². The SMILES string of the molecule is CCCCCCCC[O][Sn]([C](F)(F)C(F)(F)C(C)F)([C](F)(F)C(F)(F)C(C)F)[C](F)(F)C(F)(F)C(C)F. The van der Waals surface area contributed by atoms with Crippen LogP contribution < -0.4 is 0 Å². The minimum absolute atomic E-state index is 0.163. The van der Waals surface area contributed by atoms with E-state index in [1.807, 2.05) is 0 Å². The average Bonchev–Trinajstić information content (AvgIpc) is 2.74. The molecule has 0 saturated heterocycles. The second-order valence-corrected chi connectivity index (χ2v) is 18.8. The Balaban J connectivity index is 7.46. The maximum absolute atomic E-state index is 15.1. The topological polar surface area (TPSA) is 9.23 Å². The normalized spacial score (nSPS) is 18.9. The second-order valence-electron chi connectivity index (χ2n) is 8.74. The molecule has 0 aliphatic carbocycles. The number of rotatable bonds is 17. The summed E-state index contributed by atoms with van der Waals surface area (Å²) >= 11 is -10.8. The first-order valence-electron chi connectivity index (χ1n) is 11.2. The molecule has 0 saturated carbocycles. The minimum atomic E-state index is -10.8. The molecule has 3 unspecified atom stereocenters. The number of alkyl halides is 15. The third kappa shape index (κ3) is 6.08. The molecule has 1 nitrogen and oxygen atoms in total. The van der Waals surface area contributed by atoms with Gasteiger partial charge in [0, 0.05) is 0 Å². The van der Waals surface area contributed by atoms with Crippen molar-refractivity contribution in [3.8, 4) is 0 Å². The Labute approximate surface area is 208 Å². The van der Waals surface area contributed by atoms with Crippen molar-refractivity contribution in [2.45, 2.75) is 114 Å². The van der Waals surface area contributed by atoms with E-state index in [1.54, 1.807) is 6.92 Å².